The molecule has 1 aromatic rings. The van der Waals surface area contributed by atoms with E-state index in [9.17, 15) is 8.78 Å². The normalized spacial score (nSPS) is 19.0. The van der Waals surface area contributed by atoms with E-state index in [0.717, 1.165) is 38.4 Å². The quantitative estimate of drug-likeness (QED) is 0.901. The summed E-state index contributed by atoms with van der Waals surface area (Å²) in [6.45, 7) is 9.06. The molecule has 1 fully saturated rings. The minimum Gasteiger partial charge on any atom is -0.366 e. The topological polar surface area (TPSA) is 31.4 Å². The number of anilines is 1. The first-order chi connectivity index (χ1) is 9.97. The lowest BCUT2D eigenvalue weighted by Gasteiger charge is -2.40. The monoisotopic (exact) mass is 298 g/mol. The van der Waals surface area contributed by atoms with E-state index in [4.69, 9.17) is 0 Å². The molecule has 1 aliphatic heterocycles. The summed E-state index contributed by atoms with van der Waals surface area (Å²) in [4.78, 5) is 8.52. The molecule has 1 saturated heterocycles. The minimum atomic E-state index is -0.655. The molecule has 0 amide bonds. The van der Waals surface area contributed by atoms with Crippen LogP contribution >= 0.6 is 0 Å². The van der Waals surface area contributed by atoms with Gasteiger partial charge in [-0.25, -0.2) is 13.8 Å². The predicted molar refractivity (Wildman–Crippen MR) is 80.3 cm³/mol. The standard InChI is InChI=1S/C15H24F2N4/c1-11(2)14(21-6-4-20(3)5-7-21)10-19-15-13(17)8-12(16)9-18-15/h8-9,11,14H,4-7,10H2,1-3H3,(H,18,19). The molecule has 6 heteroatoms. The highest BCUT2D eigenvalue weighted by molar-refractivity contribution is 5.36. The number of likely N-dealkylation sites (N-methyl/N-ethyl adjacent to an activating group) is 1. The molecule has 0 spiro atoms. The highest BCUT2D eigenvalue weighted by Gasteiger charge is 2.25. The van der Waals surface area contributed by atoms with E-state index in [2.05, 4.69) is 41.0 Å². The fraction of sp³-hybridized carbons (Fsp3) is 0.667. The van der Waals surface area contributed by atoms with E-state index < -0.39 is 11.6 Å². The number of hydrogen-bond acceptors (Lipinski definition) is 4. The molecular formula is C15H24F2N4. The molecule has 1 aromatic heterocycles. The molecule has 1 atom stereocenters. The lowest BCUT2D eigenvalue weighted by atomic mass is 10.0. The smallest absolute Gasteiger partial charge is 0.168 e. The maximum absolute atomic E-state index is 13.6. The van der Waals surface area contributed by atoms with Crippen LogP contribution in [0.25, 0.3) is 0 Å². The Labute approximate surface area is 125 Å². The van der Waals surface area contributed by atoms with Crippen LogP contribution in [-0.2, 0) is 0 Å². The zero-order valence-electron chi connectivity index (χ0n) is 12.9. The summed E-state index contributed by atoms with van der Waals surface area (Å²) in [5.41, 5.74) is 0. The number of aromatic nitrogens is 1. The van der Waals surface area contributed by atoms with Crippen LogP contribution < -0.4 is 5.32 Å². The molecule has 2 rings (SSSR count). The van der Waals surface area contributed by atoms with Gasteiger partial charge < -0.3 is 10.2 Å². The van der Waals surface area contributed by atoms with Crippen molar-refractivity contribution in [2.45, 2.75) is 19.9 Å². The van der Waals surface area contributed by atoms with Gasteiger partial charge in [0.15, 0.2) is 11.6 Å². The molecule has 1 unspecified atom stereocenters. The van der Waals surface area contributed by atoms with E-state index in [-0.39, 0.29) is 5.82 Å². The summed E-state index contributed by atoms with van der Waals surface area (Å²) in [6, 6.07) is 1.17. The second-order valence-electron chi connectivity index (χ2n) is 6.02. The summed E-state index contributed by atoms with van der Waals surface area (Å²) in [7, 11) is 2.12. The first-order valence-corrected chi connectivity index (χ1v) is 7.45. The predicted octanol–water partition coefficient (Wildman–Crippen LogP) is 2.04. The lowest BCUT2D eigenvalue weighted by Crippen LogP contribution is -2.52. The molecule has 1 aliphatic rings. The lowest BCUT2D eigenvalue weighted by molar-refractivity contribution is 0.0943. The maximum Gasteiger partial charge on any atom is 0.168 e. The average Bonchev–Trinajstić information content (AvgIpc) is 2.42. The van der Waals surface area contributed by atoms with Crippen LogP contribution in [0, 0.1) is 17.6 Å². The number of rotatable bonds is 5. The van der Waals surface area contributed by atoms with Crippen molar-refractivity contribution < 1.29 is 8.78 Å². The molecule has 4 nitrogen and oxygen atoms in total. The van der Waals surface area contributed by atoms with Crippen molar-refractivity contribution in [3.05, 3.63) is 23.9 Å². The van der Waals surface area contributed by atoms with Gasteiger partial charge >= 0.3 is 0 Å². The summed E-state index contributed by atoms with van der Waals surface area (Å²) in [6.07, 6.45) is 1.03. The van der Waals surface area contributed by atoms with Gasteiger partial charge in [-0.05, 0) is 13.0 Å². The zero-order chi connectivity index (χ0) is 15.4. The van der Waals surface area contributed by atoms with Gasteiger partial charge in [0.25, 0.3) is 0 Å². The van der Waals surface area contributed by atoms with E-state index in [0.29, 0.717) is 18.5 Å². The number of nitrogens with one attached hydrogen (secondary N) is 1. The molecular weight excluding hydrogens is 274 g/mol. The van der Waals surface area contributed by atoms with Crippen LogP contribution in [0.3, 0.4) is 0 Å². The zero-order valence-corrected chi connectivity index (χ0v) is 12.9. The fourth-order valence-electron chi connectivity index (χ4n) is 2.69. The van der Waals surface area contributed by atoms with Gasteiger partial charge in [0.1, 0.15) is 5.82 Å². The van der Waals surface area contributed by atoms with Crippen molar-refractivity contribution in [3.63, 3.8) is 0 Å². The molecule has 0 aromatic carbocycles. The number of hydrogen-bond donors (Lipinski definition) is 1. The van der Waals surface area contributed by atoms with Crippen LogP contribution in [-0.4, -0.2) is 60.6 Å². The highest BCUT2D eigenvalue weighted by atomic mass is 19.1. The third-order valence-corrected chi connectivity index (χ3v) is 4.06. The molecule has 0 aliphatic carbocycles. The Morgan fingerprint density at radius 2 is 1.90 bits per heavy atom. The summed E-state index contributed by atoms with van der Waals surface area (Å²) in [5.74, 6) is -0.728. The van der Waals surface area contributed by atoms with Gasteiger partial charge in [-0.15, -0.1) is 0 Å². The van der Waals surface area contributed by atoms with E-state index in [1.807, 2.05) is 0 Å². The van der Waals surface area contributed by atoms with Gasteiger partial charge in [-0.2, -0.15) is 0 Å². The Bertz CT molecular complexity index is 459. The van der Waals surface area contributed by atoms with Crippen molar-refractivity contribution in [3.8, 4) is 0 Å². The second kappa shape index (κ2) is 7.13. The number of piperazine rings is 1. The molecule has 0 saturated carbocycles. The molecule has 21 heavy (non-hydrogen) atoms. The Morgan fingerprint density at radius 1 is 1.24 bits per heavy atom. The Hall–Kier alpha value is -1.27. The number of halogens is 2. The third-order valence-electron chi connectivity index (χ3n) is 4.06. The van der Waals surface area contributed by atoms with Crippen molar-refractivity contribution in [1.29, 1.82) is 0 Å². The average molecular weight is 298 g/mol. The summed E-state index contributed by atoms with van der Waals surface area (Å²) >= 11 is 0. The van der Waals surface area contributed by atoms with Crippen LogP contribution in [0.4, 0.5) is 14.6 Å². The Kier molecular flexibility index (Phi) is 5.47. The van der Waals surface area contributed by atoms with Crippen molar-refractivity contribution in [2.24, 2.45) is 5.92 Å². The second-order valence-corrected chi connectivity index (χ2v) is 6.02. The van der Waals surface area contributed by atoms with Crippen LogP contribution in [0.15, 0.2) is 12.3 Å². The van der Waals surface area contributed by atoms with E-state index in [1.54, 1.807) is 0 Å². The molecule has 2 heterocycles. The van der Waals surface area contributed by atoms with Gasteiger partial charge in [0.2, 0.25) is 0 Å². The molecule has 118 valence electrons. The highest BCUT2D eigenvalue weighted by Crippen LogP contribution is 2.16. The van der Waals surface area contributed by atoms with Crippen LogP contribution in [0.1, 0.15) is 13.8 Å². The first kappa shape index (κ1) is 16.1. The SMILES string of the molecule is CC(C)C(CNc1ncc(F)cc1F)N1CCN(C)CC1. The Balaban J connectivity index is 1.97. The summed E-state index contributed by atoms with van der Waals surface area (Å²) in [5, 5.41) is 3.02. The molecule has 0 bridgehead atoms. The maximum atomic E-state index is 13.6. The summed E-state index contributed by atoms with van der Waals surface area (Å²) < 4.78 is 26.5. The van der Waals surface area contributed by atoms with Gasteiger partial charge in [-0.3, -0.25) is 4.90 Å². The van der Waals surface area contributed by atoms with E-state index >= 15 is 0 Å². The molecule has 1 N–H and O–H groups in total. The fourth-order valence-corrected chi connectivity index (χ4v) is 2.69. The largest absolute Gasteiger partial charge is 0.366 e. The third kappa shape index (κ3) is 4.35. The van der Waals surface area contributed by atoms with Crippen molar-refractivity contribution in [2.75, 3.05) is 45.1 Å². The van der Waals surface area contributed by atoms with Crippen LogP contribution in [0.2, 0.25) is 0 Å². The van der Waals surface area contributed by atoms with Crippen LogP contribution in [0.5, 0.6) is 0 Å². The van der Waals surface area contributed by atoms with Crippen molar-refractivity contribution >= 4 is 5.82 Å². The van der Waals surface area contributed by atoms with Gasteiger partial charge in [-0.1, -0.05) is 13.8 Å². The van der Waals surface area contributed by atoms with Gasteiger partial charge in [0, 0.05) is 44.8 Å². The van der Waals surface area contributed by atoms with E-state index in [1.165, 1.54) is 0 Å². The number of pyridine rings is 1. The Morgan fingerprint density at radius 3 is 2.48 bits per heavy atom. The first-order valence-electron chi connectivity index (χ1n) is 7.45. The van der Waals surface area contributed by atoms with Gasteiger partial charge in [0.05, 0.1) is 6.20 Å². The minimum absolute atomic E-state index is 0.121. The molecule has 0 radical (unpaired) electrons. The van der Waals surface area contributed by atoms with Crippen molar-refractivity contribution in [1.82, 2.24) is 14.8 Å². The number of nitrogens with zero attached hydrogens (tertiary/aromatic N) is 3.